The molecule has 0 aliphatic carbocycles. The molecule has 4 aromatic rings. The quantitative estimate of drug-likeness (QED) is 0.416. The molecule has 0 spiro atoms. The summed E-state index contributed by atoms with van der Waals surface area (Å²) in [6.07, 6.45) is 3.17. The van der Waals surface area contributed by atoms with Crippen LogP contribution in [0.1, 0.15) is 11.1 Å². The molecule has 3 heterocycles. The lowest BCUT2D eigenvalue weighted by molar-refractivity contribution is -0.593. The summed E-state index contributed by atoms with van der Waals surface area (Å²) in [5, 5.41) is 12.3. The number of fused-ring (bicyclic) bond motifs is 1. The Morgan fingerprint density at radius 1 is 0.840 bits per heavy atom. The van der Waals surface area contributed by atoms with Crippen molar-refractivity contribution >= 4 is 11.0 Å². The average molecular weight is 328 g/mol. The lowest BCUT2D eigenvalue weighted by Crippen LogP contribution is -2.28. The fraction of sp³-hybridized carbons (Fsp3) is 0.100. The van der Waals surface area contributed by atoms with Crippen molar-refractivity contribution in [3.8, 4) is 22.8 Å². The maximum absolute atomic E-state index is 12.3. The van der Waals surface area contributed by atoms with Gasteiger partial charge >= 0.3 is 0 Å². The second-order valence-electron chi connectivity index (χ2n) is 5.97. The third-order valence-electron chi connectivity index (χ3n) is 4.25. The van der Waals surface area contributed by atoms with Gasteiger partial charge in [-0.05, 0) is 55.3 Å². The first kappa shape index (κ1) is 15.2. The Balaban J connectivity index is 2.08. The van der Waals surface area contributed by atoms with Gasteiger partial charge in [0.05, 0.1) is 16.7 Å². The van der Waals surface area contributed by atoms with Crippen LogP contribution in [0.3, 0.4) is 0 Å². The first-order chi connectivity index (χ1) is 12.1. The van der Waals surface area contributed by atoms with E-state index in [1.165, 1.54) is 6.20 Å². The summed E-state index contributed by atoms with van der Waals surface area (Å²) >= 11 is 0. The summed E-state index contributed by atoms with van der Waals surface area (Å²) in [5.74, 6) is 0. The Morgan fingerprint density at radius 2 is 1.52 bits per heavy atom. The average Bonchev–Trinajstić information content (AvgIpc) is 2.63. The van der Waals surface area contributed by atoms with Crippen LogP contribution in [0.15, 0.2) is 60.9 Å². The molecule has 0 aliphatic heterocycles. The highest BCUT2D eigenvalue weighted by atomic mass is 16.5. The van der Waals surface area contributed by atoms with E-state index in [1.807, 2.05) is 50.2 Å². The van der Waals surface area contributed by atoms with E-state index in [-0.39, 0.29) is 0 Å². The Morgan fingerprint density at radius 3 is 2.16 bits per heavy atom. The van der Waals surface area contributed by atoms with Gasteiger partial charge in [-0.1, -0.05) is 6.07 Å². The van der Waals surface area contributed by atoms with Crippen molar-refractivity contribution in [1.82, 2.24) is 15.0 Å². The van der Waals surface area contributed by atoms with Gasteiger partial charge < -0.3 is 5.21 Å². The first-order valence-corrected chi connectivity index (χ1v) is 8.02. The highest BCUT2D eigenvalue weighted by Gasteiger charge is 2.20. The van der Waals surface area contributed by atoms with Gasteiger partial charge in [0.15, 0.2) is 11.9 Å². The van der Waals surface area contributed by atoms with E-state index < -0.39 is 0 Å². The molecule has 0 bridgehead atoms. The fourth-order valence-corrected chi connectivity index (χ4v) is 2.78. The van der Waals surface area contributed by atoms with Crippen LogP contribution in [-0.4, -0.2) is 15.0 Å². The number of hydrogen-bond acceptors (Lipinski definition) is 4. The van der Waals surface area contributed by atoms with Crippen LogP contribution in [0, 0.1) is 19.1 Å². The minimum atomic E-state index is 0.454. The topological polar surface area (TPSA) is 65.6 Å². The van der Waals surface area contributed by atoms with Gasteiger partial charge in [-0.15, -0.1) is 0 Å². The van der Waals surface area contributed by atoms with E-state index in [4.69, 9.17) is 9.97 Å². The van der Waals surface area contributed by atoms with Crippen molar-refractivity contribution in [1.29, 1.82) is 0 Å². The van der Waals surface area contributed by atoms with Gasteiger partial charge in [0, 0.05) is 18.3 Å². The number of nitrogens with zero attached hydrogens (tertiary/aromatic N) is 4. The highest BCUT2D eigenvalue weighted by molar-refractivity contribution is 5.84. The van der Waals surface area contributed by atoms with E-state index in [0.29, 0.717) is 22.8 Å². The summed E-state index contributed by atoms with van der Waals surface area (Å²) in [6.45, 7) is 4.09. The van der Waals surface area contributed by atoms with Crippen molar-refractivity contribution in [2.24, 2.45) is 0 Å². The maximum atomic E-state index is 12.3. The van der Waals surface area contributed by atoms with E-state index in [9.17, 15) is 5.21 Å². The molecule has 0 saturated heterocycles. The molecule has 122 valence electrons. The molecule has 25 heavy (non-hydrogen) atoms. The standard InChI is InChI=1S/C20H16N4O/c1-13-11-16-17(12-14(13)2)23-20(18-8-4-6-10-24(18)25)19(22-16)15-7-3-5-9-21-15/h3-12H,1-2H3. The zero-order chi connectivity index (χ0) is 17.4. The molecule has 1 aromatic carbocycles. The summed E-state index contributed by atoms with van der Waals surface area (Å²) < 4.78 is 0.809. The summed E-state index contributed by atoms with van der Waals surface area (Å²) in [5.41, 5.74) is 6.13. The summed E-state index contributed by atoms with van der Waals surface area (Å²) in [4.78, 5) is 13.9. The van der Waals surface area contributed by atoms with E-state index >= 15 is 0 Å². The smallest absolute Gasteiger partial charge is 0.244 e. The molecule has 3 aromatic heterocycles. The van der Waals surface area contributed by atoms with Crippen LogP contribution in [0.4, 0.5) is 0 Å². The van der Waals surface area contributed by atoms with Gasteiger partial charge in [0.2, 0.25) is 5.69 Å². The van der Waals surface area contributed by atoms with E-state index in [1.54, 1.807) is 18.3 Å². The normalized spacial score (nSPS) is 11.0. The Labute approximate surface area is 145 Å². The minimum Gasteiger partial charge on any atom is -0.618 e. The van der Waals surface area contributed by atoms with Gasteiger partial charge in [-0.25, -0.2) is 9.97 Å². The van der Waals surface area contributed by atoms with Crippen LogP contribution >= 0.6 is 0 Å². The molecule has 5 heteroatoms. The number of rotatable bonds is 2. The molecule has 4 rings (SSSR count). The van der Waals surface area contributed by atoms with Crippen molar-refractivity contribution in [2.75, 3.05) is 0 Å². The lowest BCUT2D eigenvalue weighted by atomic mass is 10.1. The van der Waals surface area contributed by atoms with Crippen LogP contribution in [0.25, 0.3) is 33.8 Å². The molecular formula is C20H16N4O. The maximum Gasteiger partial charge on any atom is 0.244 e. The molecule has 0 fully saturated rings. The molecule has 0 saturated carbocycles. The van der Waals surface area contributed by atoms with Crippen molar-refractivity contribution < 1.29 is 4.73 Å². The molecule has 0 radical (unpaired) electrons. The largest absolute Gasteiger partial charge is 0.618 e. The van der Waals surface area contributed by atoms with Crippen LogP contribution in [0.5, 0.6) is 0 Å². The van der Waals surface area contributed by atoms with E-state index in [0.717, 1.165) is 26.9 Å². The van der Waals surface area contributed by atoms with Crippen molar-refractivity contribution in [3.05, 3.63) is 77.3 Å². The zero-order valence-corrected chi connectivity index (χ0v) is 14.0. The van der Waals surface area contributed by atoms with Gasteiger partial charge in [0.25, 0.3) is 0 Å². The van der Waals surface area contributed by atoms with Gasteiger partial charge in [0.1, 0.15) is 5.69 Å². The fourth-order valence-electron chi connectivity index (χ4n) is 2.78. The van der Waals surface area contributed by atoms with Gasteiger partial charge in [-0.3, -0.25) is 4.98 Å². The minimum absolute atomic E-state index is 0.454. The number of aromatic nitrogens is 4. The number of benzene rings is 1. The van der Waals surface area contributed by atoms with Crippen LogP contribution < -0.4 is 4.73 Å². The third-order valence-corrected chi connectivity index (χ3v) is 4.25. The Bertz CT molecular complexity index is 1080. The van der Waals surface area contributed by atoms with Crippen molar-refractivity contribution in [2.45, 2.75) is 13.8 Å². The molecule has 0 atom stereocenters. The molecule has 0 aliphatic rings. The summed E-state index contributed by atoms with van der Waals surface area (Å²) in [7, 11) is 0. The molecular weight excluding hydrogens is 312 g/mol. The predicted octanol–water partition coefficient (Wildman–Crippen LogP) is 3.61. The zero-order valence-electron chi connectivity index (χ0n) is 14.0. The first-order valence-electron chi connectivity index (χ1n) is 8.02. The highest BCUT2D eigenvalue weighted by Crippen LogP contribution is 2.29. The number of aryl methyl sites for hydroxylation is 2. The molecule has 0 amide bonds. The summed E-state index contributed by atoms with van der Waals surface area (Å²) in [6, 6.07) is 14.9. The number of pyridine rings is 2. The number of hydrogen-bond donors (Lipinski definition) is 0. The SMILES string of the molecule is Cc1cc2nc(-c3ccccn3)c(-c3cccc[n+]3[O-])nc2cc1C. The third kappa shape index (κ3) is 2.70. The van der Waals surface area contributed by atoms with E-state index in [2.05, 4.69) is 4.98 Å². The molecule has 5 nitrogen and oxygen atoms in total. The van der Waals surface area contributed by atoms with Crippen LogP contribution in [0.2, 0.25) is 0 Å². The van der Waals surface area contributed by atoms with Crippen LogP contribution in [-0.2, 0) is 0 Å². The van der Waals surface area contributed by atoms with Gasteiger partial charge in [-0.2, -0.15) is 4.73 Å². The monoisotopic (exact) mass is 328 g/mol. The lowest BCUT2D eigenvalue weighted by Gasteiger charge is -2.11. The second-order valence-corrected chi connectivity index (χ2v) is 5.97. The Kier molecular flexibility index (Phi) is 3.61. The molecule has 0 unspecified atom stereocenters. The Hall–Kier alpha value is -3.34. The second kappa shape index (κ2) is 5.94. The predicted molar refractivity (Wildman–Crippen MR) is 96.6 cm³/mol. The van der Waals surface area contributed by atoms with Crippen molar-refractivity contribution in [3.63, 3.8) is 0 Å². The molecule has 0 N–H and O–H groups in total.